The highest BCUT2D eigenvalue weighted by Gasteiger charge is 2.33. The summed E-state index contributed by atoms with van der Waals surface area (Å²) in [4.78, 5) is 0. The summed E-state index contributed by atoms with van der Waals surface area (Å²) in [5.74, 6) is 3.57. The van der Waals surface area contributed by atoms with Gasteiger partial charge in [-0.15, -0.1) is 0 Å². The smallest absolute Gasteiger partial charge is 0.0103 e. The van der Waals surface area contributed by atoms with E-state index in [0.29, 0.717) is 0 Å². The largest absolute Gasteiger partial charge is 0.311 e. The Kier molecular flexibility index (Phi) is 5.12. The molecule has 0 amide bonds. The Morgan fingerprint density at radius 3 is 2.28 bits per heavy atom. The molecular weight excluding hydrogens is 218 g/mol. The summed E-state index contributed by atoms with van der Waals surface area (Å²) in [6, 6.07) is 1.59. The predicted octanol–water partition coefficient (Wildman–Crippen LogP) is 4.62. The van der Waals surface area contributed by atoms with Gasteiger partial charge in [-0.05, 0) is 49.4 Å². The van der Waals surface area contributed by atoms with Crippen molar-refractivity contribution in [1.82, 2.24) is 5.32 Å². The van der Waals surface area contributed by atoms with E-state index in [4.69, 9.17) is 0 Å². The van der Waals surface area contributed by atoms with Crippen molar-refractivity contribution in [2.45, 2.75) is 84.7 Å². The molecule has 2 rings (SSSR count). The molecule has 0 aliphatic heterocycles. The second-order valence-electron chi connectivity index (χ2n) is 7.47. The molecule has 0 saturated heterocycles. The van der Waals surface area contributed by atoms with Crippen LogP contribution in [-0.4, -0.2) is 12.1 Å². The van der Waals surface area contributed by atoms with Gasteiger partial charge in [-0.2, -0.15) is 0 Å². The van der Waals surface area contributed by atoms with E-state index >= 15 is 0 Å². The lowest BCUT2D eigenvalue weighted by Gasteiger charge is -2.42. The topological polar surface area (TPSA) is 12.0 Å². The average Bonchev–Trinajstić information content (AvgIpc) is 2.32. The fraction of sp³-hybridized carbons (Fsp3) is 1.00. The van der Waals surface area contributed by atoms with Crippen LogP contribution in [0.1, 0.15) is 72.6 Å². The molecule has 0 heterocycles. The van der Waals surface area contributed by atoms with Crippen LogP contribution in [0.2, 0.25) is 0 Å². The summed E-state index contributed by atoms with van der Waals surface area (Å²) < 4.78 is 0. The van der Waals surface area contributed by atoms with Crippen LogP contribution in [0, 0.1) is 23.7 Å². The van der Waals surface area contributed by atoms with Crippen molar-refractivity contribution in [2.24, 2.45) is 23.7 Å². The van der Waals surface area contributed by atoms with Crippen molar-refractivity contribution >= 4 is 0 Å². The normalized spacial score (nSPS) is 42.2. The Balaban J connectivity index is 1.95. The number of hydrogen-bond acceptors (Lipinski definition) is 1. The average molecular weight is 251 g/mol. The molecule has 18 heavy (non-hydrogen) atoms. The molecule has 5 atom stereocenters. The predicted molar refractivity (Wildman–Crippen MR) is 79.7 cm³/mol. The molecule has 0 bridgehead atoms. The van der Waals surface area contributed by atoms with Gasteiger partial charge < -0.3 is 5.32 Å². The monoisotopic (exact) mass is 251 g/mol. The van der Waals surface area contributed by atoms with Crippen molar-refractivity contribution in [3.05, 3.63) is 0 Å². The molecule has 1 N–H and O–H groups in total. The second kappa shape index (κ2) is 6.41. The van der Waals surface area contributed by atoms with Crippen molar-refractivity contribution in [2.75, 3.05) is 0 Å². The second-order valence-corrected chi connectivity index (χ2v) is 7.47. The van der Waals surface area contributed by atoms with E-state index in [1.807, 2.05) is 0 Å². The van der Waals surface area contributed by atoms with E-state index in [1.54, 1.807) is 0 Å². The van der Waals surface area contributed by atoms with Crippen LogP contribution >= 0.6 is 0 Å². The van der Waals surface area contributed by atoms with Gasteiger partial charge in [-0.1, -0.05) is 47.0 Å². The summed E-state index contributed by atoms with van der Waals surface area (Å²) in [7, 11) is 0. The molecule has 2 aliphatic rings. The minimum atomic E-state index is 0.791. The van der Waals surface area contributed by atoms with E-state index in [2.05, 4.69) is 33.0 Å². The first kappa shape index (κ1) is 14.4. The molecule has 5 unspecified atom stereocenters. The van der Waals surface area contributed by atoms with Gasteiger partial charge in [-0.25, -0.2) is 0 Å². The van der Waals surface area contributed by atoms with Crippen molar-refractivity contribution in [1.29, 1.82) is 0 Å². The van der Waals surface area contributed by atoms with Gasteiger partial charge in [0.15, 0.2) is 0 Å². The maximum Gasteiger partial charge on any atom is 0.0103 e. The first-order valence-electron chi connectivity index (χ1n) is 8.34. The zero-order valence-corrected chi connectivity index (χ0v) is 12.9. The molecule has 2 fully saturated rings. The molecule has 1 nitrogen and oxygen atoms in total. The lowest BCUT2D eigenvalue weighted by Crippen LogP contribution is -2.50. The SMILES string of the molecule is CC1CCC(C(C)C)C(NC2CCCCC2C)C1. The van der Waals surface area contributed by atoms with Gasteiger partial charge in [0, 0.05) is 12.1 Å². The number of nitrogens with one attached hydrogen (secondary N) is 1. The fourth-order valence-corrected chi connectivity index (χ4v) is 4.23. The van der Waals surface area contributed by atoms with Gasteiger partial charge in [-0.3, -0.25) is 0 Å². The molecule has 0 aromatic heterocycles. The van der Waals surface area contributed by atoms with Gasteiger partial charge in [0.25, 0.3) is 0 Å². The molecule has 0 spiro atoms. The first-order chi connectivity index (χ1) is 8.58. The Bertz CT molecular complexity index is 248. The molecular formula is C17H33N. The van der Waals surface area contributed by atoms with E-state index in [1.165, 1.54) is 44.9 Å². The summed E-state index contributed by atoms with van der Waals surface area (Å²) in [5.41, 5.74) is 0. The Hall–Kier alpha value is -0.0400. The minimum absolute atomic E-state index is 0.791. The van der Waals surface area contributed by atoms with Crippen LogP contribution in [0.5, 0.6) is 0 Å². The van der Waals surface area contributed by atoms with Gasteiger partial charge in [0.1, 0.15) is 0 Å². The Morgan fingerprint density at radius 2 is 1.61 bits per heavy atom. The third-order valence-corrected chi connectivity index (χ3v) is 5.56. The zero-order valence-electron chi connectivity index (χ0n) is 12.9. The first-order valence-corrected chi connectivity index (χ1v) is 8.34. The number of rotatable bonds is 3. The highest BCUT2D eigenvalue weighted by molar-refractivity contribution is 4.89. The van der Waals surface area contributed by atoms with Gasteiger partial charge in [0.2, 0.25) is 0 Å². The van der Waals surface area contributed by atoms with Crippen LogP contribution < -0.4 is 5.32 Å². The molecule has 0 aromatic carbocycles. The van der Waals surface area contributed by atoms with E-state index in [0.717, 1.165) is 35.8 Å². The minimum Gasteiger partial charge on any atom is -0.311 e. The van der Waals surface area contributed by atoms with Crippen LogP contribution in [0.3, 0.4) is 0 Å². The Labute approximate surface area is 114 Å². The van der Waals surface area contributed by atoms with E-state index < -0.39 is 0 Å². The molecule has 106 valence electrons. The Morgan fingerprint density at radius 1 is 0.889 bits per heavy atom. The highest BCUT2D eigenvalue weighted by atomic mass is 15.0. The van der Waals surface area contributed by atoms with Crippen molar-refractivity contribution < 1.29 is 0 Å². The van der Waals surface area contributed by atoms with Crippen LogP contribution in [0.4, 0.5) is 0 Å². The van der Waals surface area contributed by atoms with Crippen LogP contribution in [0.15, 0.2) is 0 Å². The van der Waals surface area contributed by atoms with Crippen LogP contribution in [-0.2, 0) is 0 Å². The van der Waals surface area contributed by atoms with E-state index in [9.17, 15) is 0 Å². The standard InChI is InChI=1S/C17H33N/c1-12(2)15-10-9-13(3)11-17(15)18-16-8-6-5-7-14(16)4/h12-18H,5-11H2,1-4H3. The summed E-state index contributed by atoms with van der Waals surface area (Å²) in [6.45, 7) is 9.72. The van der Waals surface area contributed by atoms with Crippen molar-refractivity contribution in [3.63, 3.8) is 0 Å². The third-order valence-electron chi connectivity index (χ3n) is 5.56. The lowest BCUT2D eigenvalue weighted by molar-refractivity contribution is 0.137. The van der Waals surface area contributed by atoms with Crippen LogP contribution in [0.25, 0.3) is 0 Å². The maximum atomic E-state index is 4.07. The zero-order chi connectivity index (χ0) is 13.1. The fourth-order valence-electron chi connectivity index (χ4n) is 4.23. The number of hydrogen-bond donors (Lipinski definition) is 1. The van der Waals surface area contributed by atoms with Gasteiger partial charge in [0.05, 0.1) is 0 Å². The van der Waals surface area contributed by atoms with E-state index in [-0.39, 0.29) is 0 Å². The molecule has 1 heteroatoms. The molecule has 2 aliphatic carbocycles. The summed E-state index contributed by atoms with van der Waals surface area (Å²) in [5, 5.41) is 4.07. The molecule has 0 aromatic rings. The molecule has 0 radical (unpaired) electrons. The highest BCUT2D eigenvalue weighted by Crippen LogP contribution is 2.35. The molecule has 2 saturated carbocycles. The summed E-state index contributed by atoms with van der Waals surface area (Å²) >= 11 is 0. The lowest BCUT2D eigenvalue weighted by atomic mass is 9.73. The third kappa shape index (κ3) is 3.50. The quantitative estimate of drug-likeness (QED) is 0.772. The maximum absolute atomic E-state index is 4.07. The van der Waals surface area contributed by atoms with Gasteiger partial charge >= 0.3 is 0 Å². The summed E-state index contributed by atoms with van der Waals surface area (Å²) in [6.07, 6.45) is 10.0. The van der Waals surface area contributed by atoms with Crippen molar-refractivity contribution in [3.8, 4) is 0 Å².